The van der Waals surface area contributed by atoms with Crippen LogP contribution in [0.15, 0.2) is 0 Å². The molecule has 0 radical (unpaired) electrons. The van der Waals surface area contributed by atoms with Gasteiger partial charge >= 0.3 is 0 Å². The first-order chi connectivity index (χ1) is 7.20. The van der Waals surface area contributed by atoms with Crippen LogP contribution in [-0.2, 0) is 0 Å². The van der Waals surface area contributed by atoms with Crippen molar-refractivity contribution in [1.82, 2.24) is 5.32 Å². The minimum absolute atomic E-state index is 0.114. The smallest absolute Gasteiger partial charge is 0.0951 e. The van der Waals surface area contributed by atoms with E-state index in [4.69, 9.17) is 5.26 Å². The van der Waals surface area contributed by atoms with Gasteiger partial charge in [-0.3, -0.25) is 5.32 Å². The quantitative estimate of drug-likeness (QED) is 0.697. The van der Waals surface area contributed by atoms with E-state index in [0.717, 1.165) is 32.1 Å². The minimum atomic E-state index is -0.569. The zero-order chi connectivity index (χ0) is 11.1. The molecule has 1 aliphatic rings. The maximum atomic E-state index is 10.3. The average molecular weight is 210 g/mol. The molecule has 0 aromatic rings. The van der Waals surface area contributed by atoms with E-state index < -0.39 is 5.60 Å². The summed E-state index contributed by atoms with van der Waals surface area (Å²) in [6.07, 6.45) is 7.24. The molecule has 1 fully saturated rings. The third kappa shape index (κ3) is 4.19. The van der Waals surface area contributed by atoms with Crippen LogP contribution in [0.5, 0.6) is 0 Å². The second-order valence-electron chi connectivity index (χ2n) is 4.61. The average Bonchev–Trinajstić information content (AvgIpc) is 2.45. The summed E-state index contributed by atoms with van der Waals surface area (Å²) in [4.78, 5) is 0. The second kappa shape index (κ2) is 6.09. The van der Waals surface area contributed by atoms with E-state index in [1.165, 1.54) is 12.8 Å². The van der Waals surface area contributed by atoms with Crippen LogP contribution >= 0.6 is 0 Å². The van der Waals surface area contributed by atoms with Gasteiger partial charge in [-0.1, -0.05) is 32.6 Å². The summed E-state index contributed by atoms with van der Waals surface area (Å²) < 4.78 is 0. The van der Waals surface area contributed by atoms with E-state index >= 15 is 0 Å². The summed E-state index contributed by atoms with van der Waals surface area (Å²) in [6, 6.07) is 2.09. The molecule has 1 aliphatic carbocycles. The fourth-order valence-electron chi connectivity index (χ4n) is 2.16. The summed E-state index contributed by atoms with van der Waals surface area (Å²) in [5.41, 5.74) is -0.569. The van der Waals surface area contributed by atoms with E-state index in [1.807, 2.05) is 6.92 Å². The Hall–Kier alpha value is -0.590. The SMILES string of the molecule is CCC(C#N)NCC1(O)CCCCCC1. The molecular weight excluding hydrogens is 188 g/mol. The lowest BCUT2D eigenvalue weighted by atomic mass is 9.94. The Bertz CT molecular complexity index is 214. The van der Waals surface area contributed by atoms with Gasteiger partial charge in [-0.2, -0.15) is 5.26 Å². The van der Waals surface area contributed by atoms with Crippen molar-refractivity contribution in [2.75, 3.05) is 6.54 Å². The summed E-state index contributed by atoms with van der Waals surface area (Å²) >= 11 is 0. The Kier molecular flexibility index (Phi) is 5.07. The number of aliphatic hydroxyl groups is 1. The fraction of sp³-hybridized carbons (Fsp3) is 0.917. The van der Waals surface area contributed by atoms with Crippen molar-refractivity contribution in [2.24, 2.45) is 0 Å². The van der Waals surface area contributed by atoms with E-state index in [0.29, 0.717) is 6.54 Å². The lowest BCUT2D eigenvalue weighted by molar-refractivity contribution is 0.0240. The third-order valence-corrected chi connectivity index (χ3v) is 3.28. The van der Waals surface area contributed by atoms with Crippen LogP contribution in [0.3, 0.4) is 0 Å². The van der Waals surface area contributed by atoms with Gasteiger partial charge < -0.3 is 5.11 Å². The monoisotopic (exact) mass is 210 g/mol. The number of nitriles is 1. The Morgan fingerprint density at radius 1 is 1.33 bits per heavy atom. The second-order valence-corrected chi connectivity index (χ2v) is 4.61. The van der Waals surface area contributed by atoms with Crippen LogP contribution in [0, 0.1) is 11.3 Å². The van der Waals surface area contributed by atoms with Gasteiger partial charge in [0.2, 0.25) is 0 Å². The molecule has 1 rings (SSSR count). The highest BCUT2D eigenvalue weighted by Gasteiger charge is 2.28. The molecule has 0 bridgehead atoms. The van der Waals surface area contributed by atoms with E-state index in [1.54, 1.807) is 0 Å². The fourth-order valence-corrected chi connectivity index (χ4v) is 2.16. The van der Waals surface area contributed by atoms with E-state index in [-0.39, 0.29) is 6.04 Å². The number of hydrogen-bond donors (Lipinski definition) is 2. The van der Waals surface area contributed by atoms with Crippen molar-refractivity contribution in [3.05, 3.63) is 0 Å². The van der Waals surface area contributed by atoms with Crippen LogP contribution in [0.25, 0.3) is 0 Å². The largest absolute Gasteiger partial charge is 0.389 e. The highest BCUT2D eigenvalue weighted by molar-refractivity contribution is 4.92. The molecule has 86 valence electrons. The number of rotatable bonds is 4. The van der Waals surface area contributed by atoms with Crippen LogP contribution in [0.4, 0.5) is 0 Å². The standard InChI is InChI=1S/C12H22N2O/c1-2-11(9-13)14-10-12(15)7-5-3-4-6-8-12/h11,14-15H,2-8,10H2,1H3. The first kappa shape index (κ1) is 12.5. The van der Waals surface area contributed by atoms with Crippen molar-refractivity contribution in [3.8, 4) is 6.07 Å². The molecule has 3 heteroatoms. The van der Waals surface area contributed by atoms with Gasteiger partial charge in [0.15, 0.2) is 0 Å². The lowest BCUT2D eigenvalue weighted by Gasteiger charge is -2.27. The molecule has 0 aromatic carbocycles. The highest BCUT2D eigenvalue weighted by Crippen LogP contribution is 2.26. The summed E-state index contributed by atoms with van der Waals surface area (Å²) in [6.45, 7) is 2.55. The van der Waals surface area contributed by atoms with Gasteiger partial charge in [0.25, 0.3) is 0 Å². The van der Waals surface area contributed by atoms with Gasteiger partial charge in [-0.15, -0.1) is 0 Å². The van der Waals surface area contributed by atoms with Crippen molar-refractivity contribution >= 4 is 0 Å². The van der Waals surface area contributed by atoms with Crippen LogP contribution in [-0.4, -0.2) is 23.3 Å². The first-order valence-corrected chi connectivity index (χ1v) is 6.05. The number of hydrogen-bond acceptors (Lipinski definition) is 3. The van der Waals surface area contributed by atoms with E-state index in [2.05, 4.69) is 11.4 Å². The van der Waals surface area contributed by atoms with Crippen LogP contribution < -0.4 is 5.32 Å². The Morgan fingerprint density at radius 3 is 2.40 bits per heavy atom. The molecule has 0 amide bonds. The molecule has 0 saturated heterocycles. The molecular formula is C12H22N2O. The molecule has 1 atom stereocenters. The van der Waals surface area contributed by atoms with Gasteiger partial charge in [0, 0.05) is 6.54 Å². The molecule has 0 heterocycles. The molecule has 3 nitrogen and oxygen atoms in total. The topological polar surface area (TPSA) is 56.0 Å². The summed E-state index contributed by atoms with van der Waals surface area (Å²) in [5, 5.41) is 22.3. The van der Waals surface area contributed by atoms with Crippen LogP contribution in [0.2, 0.25) is 0 Å². The molecule has 1 unspecified atom stereocenters. The van der Waals surface area contributed by atoms with Crippen LogP contribution in [0.1, 0.15) is 51.9 Å². The predicted octanol–water partition coefficient (Wildman–Crippen LogP) is 1.96. The van der Waals surface area contributed by atoms with Gasteiger partial charge in [-0.05, 0) is 19.3 Å². The van der Waals surface area contributed by atoms with Crippen molar-refractivity contribution in [1.29, 1.82) is 5.26 Å². The van der Waals surface area contributed by atoms with Crippen molar-refractivity contribution < 1.29 is 5.11 Å². The normalized spacial score (nSPS) is 22.7. The molecule has 2 N–H and O–H groups in total. The van der Waals surface area contributed by atoms with Gasteiger partial charge in [0.1, 0.15) is 0 Å². The van der Waals surface area contributed by atoms with Crippen molar-refractivity contribution in [2.45, 2.75) is 63.5 Å². The molecule has 0 aliphatic heterocycles. The number of nitrogens with zero attached hydrogens (tertiary/aromatic N) is 1. The Morgan fingerprint density at radius 2 is 1.93 bits per heavy atom. The number of nitrogens with one attached hydrogen (secondary N) is 1. The Labute approximate surface area is 92.5 Å². The zero-order valence-electron chi connectivity index (χ0n) is 9.63. The molecule has 0 aromatic heterocycles. The first-order valence-electron chi connectivity index (χ1n) is 6.05. The molecule has 1 saturated carbocycles. The predicted molar refractivity (Wildman–Crippen MR) is 60.3 cm³/mol. The minimum Gasteiger partial charge on any atom is -0.389 e. The highest BCUT2D eigenvalue weighted by atomic mass is 16.3. The summed E-state index contributed by atoms with van der Waals surface area (Å²) in [7, 11) is 0. The maximum absolute atomic E-state index is 10.3. The Balaban J connectivity index is 2.37. The van der Waals surface area contributed by atoms with E-state index in [9.17, 15) is 5.11 Å². The van der Waals surface area contributed by atoms with Crippen molar-refractivity contribution in [3.63, 3.8) is 0 Å². The maximum Gasteiger partial charge on any atom is 0.0951 e. The lowest BCUT2D eigenvalue weighted by Crippen LogP contribution is -2.43. The zero-order valence-corrected chi connectivity index (χ0v) is 9.63. The third-order valence-electron chi connectivity index (χ3n) is 3.28. The van der Waals surface area contributed by atoms with Gasteiger partial charge in [-0.25, -0.2) is 0 Å². The van der Waals surface area contributed by atoms with Gasteiger partial charge in [0.05, 0.1) is 17.7 Å². The molecule has 0 spiro atoms. The summed E-state index contributed by atoms with van der Waals surface area (Å²) in [5.74, 6) is 0. The molecule has 15 heavy (non-hydrogen) atoms.